The van der Waals surface area contributed by atoms with Crippen molar-refractivity contribution in [3.63, 3.8) is 0 Å². The Labute approximate surface area is 166 Å². The van der Waals surface area contributed by atoms with Crippen LogP contribution in [0.25, 0.3) is 0 Å². The van der Waals surface area contributed by atoms with Crippen LogP contribution in [0.15, 0.2) is 24.3 Å². The van der Waals surface area contributed by atoms with E-state index in [9.17, 15) is 9.59 Å². The third-order valence-electron chi connectivity index (χ3n) is 6.95. The van der Waals surface area contributed by atoms with Gasteiger partial charge in [0.1, 0.15) is 5.75 Å². The van der Waals surface area contributed by atoms with E-state index in [0.29, 0.717) is 23.8 Å². The first-order chi connectivity index (χ1) is 13.5. The second-order valence-corrected chi connectivity index (χ2v) is 8.76. The van der Waals surface area contributed by atoms with Gasteiger partial charge in [-0.3, -0.25) is 9.59 Å². The Morgan fingerprint density at radius 1 is 1.04 bits per heavy atom. The molecule has 6 nitrogen and oxygen atoms in total. The van der Waals surface area contributed by atoms with Crippen LogP contribution in [-0.2, 0) is 4.79 Å². The first-order valence-corrected chi connectivity index (χ1v) is 10.5. The topological polar surface area (TPSA) is 78.9 Å². The second-order valence-electron chi connectivity index (χ2n) is 8.76. The van der Waals surface area contributed by atoms with Crippen LogP contribution in [0.4, 0.5) is 0 Å². The van der Waals surface area contributed by atoms with E-state index in [1.165, 1.54) is 38.9 Å². The Bertz CT molecular complexity index is 688. The van der Waals surface area contributed by atoms with Gasteiger partial charge in [-0.1, -0.05) is 0 Å². The van der Waals surface area contributed by atoms with Gasteiger partial charge in [0.25, 0.3) is 5.91 Å². The highest BCUT2D eigenvalue weighted by Crippen LogP contribution is 2.40. The van der Waals surface area contributed by atoms with Gasteiger partial charge in [0.2, 0.25) is 0 Å². The van der Waals surface area contributed by atoms with Gasteiger partial charge in [-0.05, 0) is 88.8 Å². The highest BCUT2D eigenvalue weighted by Gasteiger charge is 2.39. The van der Waals surface area contributed by atoms with Crippen LogP contribution in [0.2, 0.25) is 0 Å². The summed E-state index contributed by atoms with van der Waals surface area (Å²) in [6, 6.07) is 7.45. The van der Waals surface area contributed by atoms with Crippen molar-refractivity contribution in [3.8, 4) is 5.75 Å². The maximum absolute atomic E-state index is 12.5. The summed E-state index contributed by atoms with van der Waals surface area (Å²) in [7, 11) is 0. The summed E-state index contributed by atoms with van der Waals surface area (Å²) in [6.07, 6.45) is 6.37. The molecule has 2 N–H and O–H groups in total. The molecule has 1 aromatic rings. The summed E-state index contributed by atoms with van der Waals surface area (Å²) in [5.41, 5.74) is 0.955. The molecule has 0 unspecified atom stereocenters. The standard InChI is InChI=1S/C22H30N2O4/c25-20(23-18-5-1-17(2-6-18)21(26)27)16-3-7-19(8-4-16)28-15-22-9-12-24(13-10-22)14-11-22/h3-4,7-8,17-18H,1-2,5-6,9-15H2,(H,23,25)(H,26,27). The van der Waals surface area contributed by atoms with Crippen LogP contribution >= 0.6 is 0 Å². The van der Waals surface area contributed by atoms with Crippen LogP contribution in [0.5, 0.6) is 5.75 Å². The lowest BCUT2D eigenvalue weighted by Crippen LogP contribution is -2.50. The molecule has 3 saturated heterocycles. The number of carbonyl (C=O) groups excluding carboxylic acids is 1. The summed E-state index contributed by atoms with van der Waals surface area (Å²) in [6.45, 7) is 4.34. The fourth-order valence-electron chi connectivity index (χ4n) is 4.81. The van der Waals surface area contributed by atoms with Crippen molar-refractivity contribution >= 4 is 11.9 Å². The number of carbonyl (C=O) groups is 2. The molecule has 0 aromatic heterocycles. The molecule has 3 heterocycles. The van der Waals surface area contributed by atoms with Crippen LogP contribution < -0.4 is 10.1 Å². The van der Waals surface area contributed by atoms with Crippen LogP contribution in [0.1, 0.15) is 55.3 Å². The number of nitrogens with zero attached hydrogens (tertiary/aromatic N) is 1. The number of fused-ring (bicyclic) bond motifs is 3. The van der Waals surface area contributed by atoms with Gasteiger partial charge < -0.3 is 20.1 Å². The smallest absolute Gasteiger partial charge is 0.306 e. The van der Waals surface area contributed by atoms with E-state index in [4.69, 9.17) is 9.84 Å². The number of carboxylic acids is 1. The number of hydrogen-bond donors (Lipinski definition) is 2. The van der Waals surface area contributed by atoms with Crippen LogP contribution in [0, 0.1) is 11.3 Å². The molecule has 28 heavy (non-hydrogen) atoms. The minimum absolute atomic E-state index is 0.0651. The lowest BCUT2D eigenvalue weighted by Gasteiger charge is -2.48. The SMILES string of the molecule is O=C(NC1CCC(C(=O)O)CC1)c1ccc(OCC23CCN(CC2)CC3)cc1. The van der Waals surface area contributed by atoms with E-state index in [1.807, 2.05) is 24.3 Å². The normalized spacial score (nSPS) is 31.9. The van der Waals surface area contributed by atoms with Crippen molar-refractivity contribution in [3.05, 3.63) is 29.8 Å². The Balaban J connectivity index is 1.26. The first-order valence-electron chi connectivity index (χ1n) is 10.5. The molecule has 5 rings (SSSR count). The van der Waals surface area contributed by atoms with E-state index in [0.717, 1.165) is 25.2 Å². The van der Waals surface area contributed by atoms with Crippen molar-refractivity contribution in [2.45, 2.75) is 51.0 Å². The van der Waals surface area contributed by atoms with Crippen molar-refractivity contribution < 1.29 is 19.4 Å². The predicted molar refractivity (Wildman–Crippen MR) is 106 cm³/mol. The van der Waals surface area contributed by atoms with Gasteiger partial charge in [0.15, 0.2) is 0 Å². The third-order valence-corrected chi connectivity index (χ3v) is 6.95. The molecule has 0 atom stereocenters. The fourth-order valence-corrected chi connectivity index (χ4v) is 4.81. The zero-order chi connectivity index (χ0) is 19.6. The number of ether oxygens (including phenoxy) is 1. The zero-order valence-electron chi connectivity index (χ0n) is 16.4. The number of nitrogens with one attached hydrogen (secondary N) is 1. The lowest BCUT2D eigenvalue weighted by molar-refractivity contribution is -0.142. The third kappa shape index (κ3) is 4.32. The molecule has 1 saturated carbocycles. The highest BCUT2D eigenvalue weighted by atomic mass is 16.5. The van der Waals surface area contributed by atoms with Crippen LogP contribution in [-0.4, -0.2) is 54.2 Å². The zero-order valence-corrected chi connectivity index (χ0v) is 16.4. The van der Waals surface area contributed by atoms with Gasteiger partial charge >= 0.3 is 5.97 Å². The second kappa shape index (κ2) is 8.11. The summed E-state index contributed by atoms with van der Waals surface area (Å²) in [5.74, 6) is -0.261. The number of hydrogen-bond acceptors (Lipinski definition) is 4. The molecular formula is C22H30N2O4. The molecule has 0 spiro atoms. The molecule has 4 fully saturated rings. The first kappa shape index (κ1) is 19.2. The summed E-state index contributed by atoms with van der Waals surface area (Å²) >= 11 is 0. The molecule has 0 radical (unpaired) electrons. The average molecular weight is 386 g/mol. The molecule has 4 aliphatic rings. The molecule has 3 aliphatic heterocycles. The van der Waals surface area contributed by atoms with Gasteiger partial charge in [-0.25, -0.2) is 0 Å². The number of piperidine rings is 3. The van der Waals surface area contributed by atoms with Crippen LogP contribution in [0.3, 0.4) is 0 Å². The van der Waals surface area contributed by atoms with Crippen molar-refractivity contribution in [1.82, 2.24) is 10.2 Å². The molecule has 1 aromatic carbocycles. The summed E-state index contributed by atoms with van der Waals surface area (Å²) in [4.78, 5) is 26.0. The van der Waals surface area contributed by atoms with E-state index in [1.54, 1.807) is 0 Å². The fraction of sp³-hybridized carbons (Fsp3) is 0.636. The predicted octanol–water partition coefficient (Wildman–Crippen LogP) is 2.92. The number of amides is 1. The largest absolute Gasteiger partial charge is 0.493 e. The van der Waals surface area contributed by atoms with Gasteiger partial charge in [0.05, 0.1) is 12.5 Å². The molecule has 1 amide bonds. The number of carboxylic acid groups (broad SMARTS) is 1. The van der Waals surface area contributed by atoms with E-state index >= 15 is 0 Å². The average Bonchev–Trinajstić information content (AvgIpc) is 2.74. The van der Waals surface area contributed by atoms with E-state index < -0.39 is 5.97 Å². The number of rotatable bonds is 6. The minimum atomic E-state index is -0.723. The maximum atomic E-state index is 12.5. The van der Waals surface area contributed by atoms with Gasteiger partial charge in [0, 0.05) is 17.0 Å². The minimum Gasteiger partial charge on any atom is -0.493 e. The molecular weight excluding hydrogens is 356 g/mol. The molecule has 6 heteroatoms. The molecule has 152 valence electrons. The lowest BCUT2D eigenvalue weighted by atomic mass is 9.73. The van der Waals surface area contributed by atoms with Crippen molar-refractivity contribution in [2.24, 2.45) is 11.3 Å². The monoisotopic (exact) mass is 386 g/mol. The quantitative estimate of drug-likeness (QED) is 0.786. The Morgan fingerprint density at radius 3 is 2.21 bits per heavy atom. The molecule has 1 aliphatic carbocycles. The van der Waals surface area contributed by atoms with Gasteiger partial charge in [-0.15, -0.1) is 0 Å². The Hall–Kier alpha value is -2.08. The summed E-state index contributed by atoms with van der Waals surface area (Å²) in [5, 5.41) is 12.1. The highest BCUT2D eigenvalue weighted by molar-refractivity contribution is 5.94. The van der Waals surface area contributed by atoms with E-state index in [-0.39, 0.29) is 17.9 Å². The summed E-state index contributed by atoms with van der Waals surface area (Å²) < 4.78 is 6.08. The maximum Gasteiger partial charge on any atom is 0.306 e. The van der Waals surface area contributed by atoms with Crippen molar-refractivity contribution in [1.29, 1.82) is 0 Å². The number of benzene rings is 1. The number of aliphatic carboxylic acids is 1. The Kier molecular flexibility index (Phi) is 5.58. The van der Waals surface area contributed by atoms with Gasteiger partial charge in [-0.2, -0.15) is 0 Å². The Morgan fingerprint density at radius 2 is 1.64 bits per heavy atom. The molecule has 2 bridgehead atoms. The van der Waals surface area contributed by atoms with E-state index in [2.05, 4.69) is 10.2 Å². The van der Waals surface area contributed by atoms with Crippen molar-refractivity contribution in [2.75, 3.05) is 26.2 Å².